The highest BCUT2D eigenvalue weighted by molar-refractivity contribution is 6.97. The van der Waals surface area contributed by atoms with Gasteiger partial charge in [-0.25, -0.2) is 0 Å². The molecule has 10 aromatic carbocycles. The number of ether oxygens (including phenoxy) is 1. The molecule has 0 atom stereocenters. The van der Waals surface area contributed by atoms with Crippen LogP contribution in [0.5, 0.6) is 11.5 Å². The molecule has 0 saturated heterocycles. The molecule has 2 nitrogen and oxygen atoms in total. The molecule has 0 unspecified atom stereocenters. The normalized spacial score (nSPS) is 11.6. The van der Waals surface area contributed by atoms with Crippen molar-refractivity contribution >= 4 is 72.5 Å². The van der Waals surface area contributed by atoms with Crippen LogP contribution < -0.4 is 26.0 Å². The van der Waals surface area contributed by atoms with E-state index in [1.165, 1.54) is 60.0 Å². The van der Waals surface area contributed by atoms with Crippen molar-refractivity contribution in [1.82, 2.24) is 0 Å². The third-order valence-electron chi connectivity index (χ3n) is 11.5. The summed E-state index contributed by atoms with van der Waals surface area (Å²) < 4.78 is 6.92. The van der Waals surface area contributed by atoms with Crippen LogP contribution in [0.25, 0.3) is 54.6 Å². The lowest BCUT2D eigenvalue weighted by Crippen LogP contribution is -2.52. The summed E-state index contributed by atoms with van der Waals surface area (Å²) in [4.78, 5) is 2.31. The second-order valence-corrected chi connectivity index (χ2v) is 14.8. The van der Waals surface area contributed by atoms with Crippen LogP contribution >= 0.6 is 0 Å². The van der Waals surface area contributed by atoms with Crippen molar-refractivity contribution in [3.05, 3.63) is 218 Å². The summed E-state index contributed by atoms with van der Waals surface area (Å²) in [5, 5.41) is 7.35. The van der Waals surface area contributed by atoms with Gasteiger partial charge in [-0.05, 0) is 92.2 Å². The molecule has 57 heavy (non-hydrogen) atoms. The highest BCUT2D eigenvalue weighted by Gasteiger charge is 2.28. The molecule has 0 saturated carbocycles. The second kappa shape index (κ2) is 13.7. The third-order valence-corrected chi connectivity index (χ3v) is 11.5. The number of hydrogen-bond acceptors (Lipinski definition) is 2. The molecule has 11 rings (SSSR count). The fourth-order valence-electron chi connectivity index (χ4n) is 8.97. The van der Waals surface area contributed by atoms with Gasteiger partial charge in [0.05, 0.1) is 0 Å². The van der Waals surface area contributed by atoms with E-state index in [1.54, 1.807) is 0 Å². The van der Waals surface area contributed by atoms with Crippen LogP contribution in [0.2, 0.25) is 0 Å². The van der Waals surface area contributed by atoms with E-state index in [2.05, 4.69) is 223 Å². The molecule has 10 aromatic rings. The fraction of sp³-hybridized carbons (Fsp3) is 0. The van der Waals surface area contributed by atoms with Crippen molar-refractivity contribution in [3.8, 4) is 33.8 Å². The molecule has 0 aromatic heterocycles. The quantitative estimate of drug-likeness (QED) is 0.120. The molecule has 3 heteroatoms. The van der Waals surface area contributed by atoms with E-state index in [0.717, 1.165) is 39.5 Å². The Morgan fingerprint density at radius 1 is 0.333 bits per heavy atom. The lowest BCUT2D eigenvalue weighted by molar-refractivity contribution is 0.487. The van der Waals surface area contributed by atoms with Crippen molar-refractivity contribution in [2.45, 2.75) is 0 Å². The first-order valence-corrected chi connectivity index (χ1v) is 19.6. The molecule has 0 amide bonds. The number of anilines is 3. The van der Waals surface area contributed by atoms with Crippen LogP contribution in [0.3, 0.4) is 0 Å². The topological polar surface area (TPSA) is 12.5 Å². The zero-order valence-electron chi connectivity index (χ0n) is 31.2. The fourth-order valence-corrected chi connectivity index (χ4v) is 8.97. The van der Waals surface area contributed by atoms with Crippen LogP contribution in [0.4, 0.5) is 17.1 Å². The first-order chi connectivity index (χ1) is 28.3. The molecule has 0 spiro atoms. The van der Waals surface area contributed by atoms with Gasteiger partial charge in [-0.2, -0.15) is 0 Å². The highest BCUT2D eigenvalue weighted by atomic mass is 16.5. The minimum atomic E-state index is 0.0741. The number of rotatable bonds is 7. The monoisotopic (exact) mass is 725 g/mol. The van der Waals surface area contributed by atoms with Gasteiger partial charge in [0, 0.05) is 34.1 Å². The van der Waals surface area contributed by atoms with Crippen molar-refractivity contribution < 1.29 is 4.74 Å². The van der Waals surface area contributed by atoms with E-state index < -0.39 is 0 Å². The third kappa shape index (κ3) is 5.67. The van der Waals surface area contributed by atoms with E-state index in [1.807, 2.05) is 0 Å². The number of fused-ring (bicyclic) bond motifs is 6. The number of hydrogen-bond donors (Lipinski definition) is 0. The van der Waals surface area contributed by atoms with Gasteiger partial charge >= 0.3 is 0 Å². The zero-order chi connectivity index (χ0) is 37.7. The number of benzene rings is 10. The summed E-state index contributed by atoms with van der Waals surface area (Å²) in [5.41, 5.74) is 11.7. The minimum Gasteiger partial charge on any atom is -0.456 e. The van der Waals surface area contributed by atoms with Crippen LogP contribution in [-0.2, 0) is 0 Å². The maximum atomic E-state index is 6.92. The van der Waals surface area contributed by atoms with Gasteiger partial charge in [0.2, 0.25) is 6.71 Å². The van der Waals surface area contributed by atoms with E-state index in [4.69, 9.17) is 4.74 Å². The van der Waals surface area contributed by atoms with E-state index >= 15 is 0 Å². The molecule has 1 aliphatic rings. The molecule has 266 valence electrons. The van der Waals surface area contributed by atoms with Crippen LogP contribution in [0.1, 0.15) is 0 Å². The average molecular weight is 726 g/mol. The summed E-state index contributed by atoms with van der Waals surface area (Å²) in [7, 11) is 0. The van der Waals surface area contributed by atoms with Gasteiger partial charge in [-0.1, -0.05) is 180 Å². The number of nitrogens with zero attached hydrogens (tertiary/aromatic N) is 1. The average Bonchev–Trinajstić information content (AvgIpc) is 3.28. The molecule has 0 fully saturated rings. The molecule has 0 radical (unpaired) electrons. The summed E-state index contributed by atoms with van der Waals surface area (Å²) in [5.74, 6) is 1.73. The first kappa shape index (κ1) is 33.0. The van der Waals surface area contributed by atoms with Crippen molar-refractivity contribution in [1.29, 1.82) is 0 Å². The second-order valence-electron chi connectivity index (χ2n) is 14.8. The van der Waals surface area contributed by atoms with Gasteiger partial charge in [0.1, 0.15) is 11.5 Å². The van der Waals surface area contributed by atoms with Gasteiger partial charge in [0.25, 0.3) is 0 Å². The maximum Gasteiger partial charge on any atom is 0.242 e. The lowest BCUT2D eigenvalue weighted by Gasteiger charge is -2.28. The zero-order valence-corrected chi connectivity index (χ0v) is 31.2. The maximum absolute atomic E-state index is 6.92. The van der Waals surface area contributed by atoms with Gasteiger partial charge in [-0.3, -0.25) is 0 Å². The van der Waals surface area contributed by atoms with E-state index in [9.17, 15) is 0 Å². The van der Waals surface area contributed by atoms with Crippen molar-refractivity contribution in [3.63, 3.8) is 0 Å². The van der Waals surface area contributed by atoms with Gasteiger partial charge < -0.3 is 9.64 Å². The molecular formula is C54H36BNO. The summed E-state index contributed by atoms with van der Waals surface area (Å²) in [6.07, 6.45) is 0. The molecule has 0 bridgehead atoms. The van der Waals surface area contributed by atoms with Crippen LogP contribution in [0, 0.1) is 0 Å². The van der Waals surface area contributed by atoms with Crippen LogP contribution in [0.15, 0.2) is 218 Å². The molecule has 0 N–H and O–H groups in total. The standard InChI is InChI=1S/C54H36BNO/c1-5-16-37(17-6-1)38-28-30-42(31-29-38)56(41-22-11-4-12-23-41)43-32-33-46-50-35-48-44-24-13-14-25-45(44)51(55(39-18-7-2-8-19-39)40-20-9-3-10-21-40)36-49(48)47-26-15-27-52(54(47)50)57-53(46)34-43/h1-36H. The smallest absolute Gasteiger partial charge is 0.242 e. The van der Waals surface area contributed by atoms with E-state index in [0.29, 0.717) is 0 Å². The summed E-state index contributed by atoms with van der Waals surface area (Å²) in [6, 6.07) is 78.7. The highest BCUT2D eigenvalue weighted by Crippen LogP contribution is 2.51. The predicted octanol–water partition coefficient (Wildman–Crippen LogP) is 12.6. The van der Waals surface area contributed by atoms with Crippen molar-refractivity contribution in [2.75, 3.05) is 4.90 Å². The Morgan fingerprint density at radius 2 is 0.877 bits per heavy atom. The Kier molecular flexibility index (Phi) is 7.96. The Hall–Kier alpha value is -7.36. The summed E-state index contributed by atoms with van der Waals surface area (Å²) >= 11 is 0. The Labute approximate surface area is 333 Å². The minimum absolute atomic E-state index is 0.0741. The molecule has 1 heterocycles. The SMILES string of the molecule is c1ccc(B(c2ccccc2)c2cc3c4cccc5c4c(cc3c3ccccc23)-c2ccc(N(c3ccccc3)c3ccc(-c4ccccc4)cc3)cc2O5)cc1. The largest absolute Gasteiger partial charge is 0.456 e. The first-order valence-electron chi connectivity index (χ1n) is 19.6. The Balaban J connectivity index is 1.09. The van der Waals surface area contributed by atoms with Crippen molar-refractivity contribution in [2.24, 2.45) is 0 Å². The Bertz CT molecular complexity index is 3040. The van der Waals surface area contributed by atoms with Gasteiger partial charge in [0.15, 0.2) is 0 Å². The lowest BCUT2D eigenvalue weighted by atomic mass is 9.36. The molecule has 0 aliphatic carbocycles. The van der Waals surface area contributed by atoms with Crippen LogP contribution in [-0.4, -0.2) is 6.71 Å². The summed E-state index contributed by atoms with van der Waals surface area (Å²) in [6.45, 7) is 0.0741. The van der Waals surface area contributed by atoms with Gasteiger partial charge in [-0.15, -0.1) is 0 Å². The predicted molar refractivity (Wildman–Crippen MR) is 242 cm³/mol. The molecule has 1 aliphatic heterocycles. The molecular weight excluding hydrogens is 689 g/mol. The number of para-hydroxylation sites is 1. The Morgan fingerprint density at radius 3 is 1.58 bits per heavy atom. The van der Waals surface area contributed by atoms with E-state index in [-0.39, 0.29) is 6.71 Å².